The smallest absolute Gasteiger partial charge is 0.311 e. The average molecular weight is 247 g/mol. The highest BCUT2D eigenvalue weighted by atomic mass is 16.5. The van der Waals surface area contributed by atoms with Crippen LogP contribution in [0.1, 0.15) is 26.3 Å². The first-order valence-corrected chi connectivity index (χ1v) is 5.95. The van der Waals surface area contributed by atoms with Crippen LogP contribution in [-0.4, -0.2) is 12.6 Å². The molecular formula is C15H21NO2. The standard InChI is InChI=1S/C15H21NO2/c1-5-15(16,12-9-7-6-8-10-12)11-18-13(17)14(2,3)4/h5-10H,1,11,16H2,2-4H3/t15-/m1/s1. The molecule has 2 N–H and O–H groups in total. The third-order valence-electron chi connectivity index (χ3n) is 2.73. The number of rotatable bonds is 4. The van der Waals surface area contributed by atoms with Gasteiger partial charge < -0.3 is 10.5 Å². The van der Waals surface area contributed by atoms with Crippen molar-refractivity contribution >= 4 is 5.97 Å². The second kappa shape index (κ2) is 5.36. The first kappa shape index (κ1) is 14.5. The van der Waals surface area contributed by atoms with E-state index in [1.807, 2.05) is 51.1 Å². The molecular weight excluding hydrogens is 226 g/mol. The van der Waals surface area contributed by atoms with Crippen LogP contribution in [-0.2, 0) is 15.1 Å². The summed E-state index contributed by atoms with van der Waals surface area (Å²) < 4.78 is 5.28. The third kappa shape index (κ3) is 3.44. The largest absolute Gasteiger partial charge is 0.463 e. The van der Waals surface area contributed by atoms with Crippen molar-refractivity contribution in [2.45, 2.75) is 26.3 Å². The quantitative estimate of drug-likeness (QED) is 0.657. The van der Waals surface area contributed by atoms with Gasteiger partial charge in [0, 0.05) is 0 Å². The summed E-state index contributed by atoms with van der Waals surface area (Å²) in [5.74, 6) is -0.268. The summed E-state index contributed by atoms with van der Waals surface area (Å²) in [6.45, 7) is 9.26. The SMILES string of the molecule is C=C[C@@](N)(COC(=O)C(C)(C)C)c1ccccc1. The van der Waals surface area contributed by atoms with Crippen molar-refractivity contribution in [3.8, 4) is 0 Å². The van der Waals surface area contributed by atoms with Crippen LogP contribution in [0.5, 0.6) is 0 Å². The van der Waals surface area contributed by atoms with E-state index in [-0.39, 0.29) is 12.6 Å². The fourth-order valence-electron chi connectivity index (χ4n) is 1.41. The minimum atomic E-state index is -0.845. The Morgan fingerprint density at radius 2 is 1.89 bits per heavy atom. The van der Waals surface area contributed by atoms with Gasteiger partial charge in [-0.15, -0.1) is 6.58 Å². The normalized spacial score (nSPS) is 14.7. The van der Waals surface area contributed by atoms with Gasteiger partial charge in [-0.2, -0.15) is 0 Å². The molecule has 1 atom stereocenters. The van der Waals surface area contributed by atoms with Crippen LogP contribution >= 0.6 is 0 Å². The number of ether oxygens (including phenoxy) is 1. The summed E-state index contributed by atoms with van der Waals surface area (Å²) in [6, 6.07) is 9.49. The highest BCUT2D eigenvalue weighted by Gasteiger charge is 2.29. The molecule has 0 fully saturated rings. The van der Waals surface area contributed by atoms with Crippen molar-refractivity contribution in [2.75, 3.05) is 6.61 Å². The molecule has 1 rings (SSSR count). The Hall–Kier alpha value is -1.61. The lowest BCUT2D eigenvalue weighted by Gasteiger charge is -2.27. The number of hydrogen-bond donors (Lipinski definition) is 1. The van der Waals surface area contributed by atoms with Gasteiger partial charge in [-0.3, -0.25) is 4.79 Å². The summed E-state index contributed by atoms with van der Waals surface area (Å²) >= 11 is 0. The van der Waals surface area contributed by atoms with Gasteiger partial charge in [0.2, 0.25) is 0 Å². The Labute approximate surface area is 109 Å². The lowest BCUT2D eigenvalue weighted by Crippen LogP contribution is -2.41. The lowest BCUT2D eigenvalue weighted by atomic mass is 9.91. The predicted octanol–water partition coefficient (Wildman–Crippen LogP) is 2.62. The maximum Gasteiger partial charge on any atom is 0.311 e. The van der Waals surface area contributed by atoms with E-state index in [4.69, 9.17) is 10.5 Å². The van der Waals surface area contributed by atoms with E-state index in [0.717, 1.165) is 5.56 Å². The molecule has 0 saturated carbocycles. The van der Waals surface area contributed by atoms with E-state index < -0.39 is 11.0 Å². The van der Waals surface area contributed by atoms with Crippen LogP contribution in [0, 0.1) is 5.41 Å². The fraction of sp³-hybridized carbons (Fsp3) is 0.400. The summed E-state index contributed by atoms with van der Waals surface area (Å²) in [7, 11) is 0. The van der Waals surface area contributed by atoms with E-state index in [1.165, 1.54) is 0 Å². The first-order chi connectivity index (χ1) is 8.29. The molecule has 0 aromatic heterocycles. The van der Waals surface area contributed by atoms with E-state index in [2.05, 4.69) is 6.58 Å². The van der Waals surface area contributed by atoms with Crippen molar-refractivity contribution < 1.29 is 9.53 Å². The van der Waals surface area contributed by atoms with Crippen LogP contribution in [0.2, 0.25) is 0 Å². The molecule has 0 saturated heterocycles. The maximum atomic E-state index is 11.7. The highest BCUT2D eigenvalue weighted by molar-refractivity contribution is 5.75. The monoisotopic (exact) mass is 247 g/mol. The Morgan fingerprint density at radius 3 is 2.33 bits per heavy atom. The molecule has 3 nitrogen and oxygen atoms in total. The summed E-state index contributed by atoms with van der Waals surface area (Å²) in [5.41, 5.74) is 5.72. The molecule has 0 aliphatic rings. The van der Waals surface area contributed by atoms with Crippen LogP contribution in [0.15, 0.2) is 43.0 Å². The van der Waals surface area contributed by atoms with E-state index in [0.29, 0.717) is 0 Å². The zero-order valence-electron chi connectivity index (χ0n) is 11.3. The van der Waals surface area contributed by atoms with Gasteiger partial charge in [-0.25, -0.2) is 0 Å². The third-order valence-corrected chi connectivity index (χ3v) is 2.73. The second-order valence-electron chi connectivity index (χ2n) is 5.44. The zero-order chi connectivity index (χ0) is 13.8. The first-order valence-electron chi connectivity index (χ1n) is 5.95. The van der Waals surface area contributed by atoms with Gasteiger partial charge >= 0.3 is 5.97 Å². The molecule has 0 radical (unpaired) electrons. The van der Waals surface area contributed by atoms with Crippen molar-refractivity contribution in [1.82, 2.24) is 0 Å². The zero-order valence-corrected chi connectivity index (χ0v) is 11.3. The predicted molar refractivity (Wildman–Crippen MR) is 72.9 cm³/mol. The summed E-state index contributed by atoms with van der Waals surface area (Å²) in [4.78, 5) is 11.7. The number of esters is 1. The molecule has 0 aliphatic carbocycles. The second-order valence-corrected chi connectivity index (χ2v) is 5.44. The van der Waals surface area contributed by atoms with Crippen molar-refractivity contribution in [3.63, 3.8) is 0 Å². The highest BCUT2D eigenvalue weighted by Crippen LogP contribution is 2.22. The Bertz CT molecular complexity index is 420. The Balaban J connectivity index is 2.80. The van der Waals surface area contributed by atoms with E-state index in [9.17, 15) is 4.79 Å². The van der Waals surface area contributed by atoms with E-state index >= 15 is 0 Å². The van der Waals surface area contributed by atoms with Crippen molar-refractivity contribution in [1.29, 1.82) is 0 Å². The van der Waals surface area contributed by atoms with Gasteiger partial charge in [0.15, 0.2) is 0 Å². The van der Waals surface area contributed by atoms with Gasteiger partial charge in [0.05, 0.1) is 11.0 Å². The summed E-state index contributed by atoms with van der Waals surface area (Å²) in [6.07, 6.45) is 1.61. The van der Waals surface area contributed by atoms with Crippen LogP contribution in [0.3, 0.4) is 0 Å². The molecule has 0 amide bonds. The van der Waals surface area contributed by atoms with Crippen molar-refractivity contribution in [2.24, 2.45) is 11.1 Å². The van der Waals surface area contributed by atoms with Crippen LogP contribution in [0.4, 0.5) is 0 Å². The number of carbonyl (C=O) groups is 1. The fourth-order valence-corrected chi connectivity index (χ4v) is 1.41. The molecule has 3 heteroatoms. The van der Waals surface area contributed by atoms with Crippen molar-refractivity contribution in [3.05, 3.63) is 48.6 Å². The molecule has 18 heavy (non-hydrogen) atoms. The van der Waals surface area contributed by atoms with Crippen LogP contribution in [0.25, 0.3) is 0 Å². The lowest BCUT2D eigenvalue weighted by molar-refractivity contribution is -0.154. The molecule has 0 heterocycles. The van der Waals surface area contributed by atoms with Gasteiger partial charge in [0.25, 0.3) is 0 Å². The number of carbonyl (C=O) groups excluding carboxylic acids is 1. The van der Waals surface area contributed by atoms with Gasteiger partial charge in [-0.05, 0) is 26.3 Å². The topological polar surface area (TPSA) is 52.3 Å². The molecule has 0 unspecified atom stereocenters. The van der Waals surface area contributed by atoms with E-state index in [1.54, 1.807) is 6.08 Å². The number of hydrogen-bond acceptors (Lipinski definition) is 3. The minimum absolute atomic E-state index is 0.0939. The maximum absolute atomic E-state index is 11.7. The summed E-state index contributed by atoms with van der Waals surface area (Å²) in [5, 5.41) is 0. The van der Waals surface area contributed by atoms with Gasteiger partial charge in [0.1, 0.15) is 6.61 Å². The Kier molecular flexibility index (Phi) is 4.30. The number of nitrogens with two attached hydrogens (primary N) is 1. The van der Waals surface area contributed by atoms with Crippen LogP contribution < -0.4 is 5.73 Å². The minimum Gasteiger partial charge on any atom is -0.463 e. The number of benzene rings is 1. The molecule has 98 valence electrons. The van der Waals surface area contributed by atoms with Gasteiger partial charge in [-0.1, -0.05) is 36.4 Å². The molecule has 0 spiro atoms. The molecule has 1 aromatic rings. The molecule has 0 bridgehead atoms. The molecule has 1 aromatic carbocycles. The molecule has 0 aliphatic heterocycles. The Morgan fingerprint density at radius 1 is 1.33 bits per heavy atom. The average Bonchev–Trinajstić information content (AvgIpc) is 2.35.